The van der Waals surface area contributed by atoms with Gasteiger partial charge in [0, 0.05) is 18.3 Å². The van der Waals surface area contributed by atoms with E-state index in [0.29, 0.717) is 41.9 Å². The molecule has 0 saturated carbocycles. The Hall–Kier alpha value is -2.45. The summed E-state index contributed by atoms with van der Waals surface area (Å²) in [6.07, 6.45) is 0.526. The van der Waals surface area contributed by atoms with Crippen molar-refractivity contribution in [3.63, 3.8) is 0 Å². The minimum Gasteiger partial charge on any atom is -0.493 e. The van der Waals surface area contributed by atoms with Gasteiger partial charge in [-0.3, -0.25) is 0 Å². The number of benzene rings is 1. The lowest BCUT2D eigenvalue weighted by molar-refractivity contribution is 0.354. The van der Waals surface area contributed by atoms with Gasteiger partial charge in [0.1, 0.15) is 10.7 Å². The molecule has 0 bridgehead atoms. The fourth-order valence-electron chi connectivity index (χ4n) is 2.11. The van der Waals surface area contributed by atoms with E-state index < -0.39 is 0 Å². The van der Waals surface area contributed by atoms with Gasteiger partial charge in [-0.1, -0.05) is 11.2 Å². The van der Waals surface area contributed by atoms with Gasteiger partial charge in [0.2, 0.25) is 0 Å². The fourth-order valence-corrected chi connectivity index (χ4v) is 2.75. The van der Waals surface area contributed by atoms with Crippen molar-refractivity contribution in [3.8, 4) is 23.1 Å². The molecule has 2 N–H and O–H groups in total. The molecule has 0 amide bonds. The molecular formula is C15H16N4O3S. The highest BCUT2D eigenvalue weighted by molar-refractivity contribution is 7.09. The quantitative estimate of drug-likeness (QED) is 0.739. The maximum atomic E-state index is 5.56. The molecule has 0 aliphatic heterocycles. The molecule has 2 aromatic heterocycles. The van der Waals surface area contributed by atoms with Crippen LogP contribution in [0.5, 0.6) is 11.5 Å². The lowest BCUT2D eigenvalue weighted by Crippen LogP contribution is -1.95. The molecule has 120 valence electrons. The number of nitrogens with two attached hydrogens (primary N) is 1. The third-order valence-electron chi connectivity index (χ3n) is 3.22. The summed E-state index contributed by atoms with van der Waals surface area (Å²) in [7, 11) is 3.21. The van der Waals surface area contributed by atoms with Crippen LogP contribution in [0.15, 0.2) is 28.1 Å². The SMILES string of the molecule is COc1ccc(Cc2noc(-c3csc(CN)n3)n2)cc1OC. The molecule has 1 aromatic carbocycles. The summed E-state index contributed by atoms with van der Waals surface area (Å²) in [5, 5.41) is 6.69. The molecule has 0 saturated heterocycles. The van der Waals surface area contributed by atoms with Crippen molar-refractivity contribution in [1.29, 1.82) is 0 Å². The number of ether oxygens (including phenoxy) is 2. The van der Waals surface area contributed by atoms with Crippen LogP contribution in [0.3, 0.4) is 0 Å². The van der Waals surface area contributed by atoms with E-state index in [2.05, 4.69) is 15.1 Å². The van der Waals surface area contributed by atoms with E-state index in [0.717, 1.165) is 10.6 Å². The van der Waals surface area contributed by atoms with Gasteiger partial charge >= 0.3 is 0 Å². The third-order valence-corrected chi connectivity index (χ3v) is 4.09. The van der Waals surface area contributed by atoms with Crippen molar-refractivity contribution in [2.45, 2.75) is 13.0 Å². The van der Waals surface area contributed by atoms with Gasteiger partial charge in [0.15, 0.2) is 17.3 Å². The Bertz CT molecular complexity index is 800. The highest BCUT2D eigenvalue weighted by atomic mass is 32.1. The van der Waals surface area contributed by atoms with E-state index >= 15 is 0 Å². The Labute approximate surface area is 137 Å². The summed E-state index contributed by atoms with van der Waals surface area (Å²) in [5.41, 5.74) is 7.21. The van der Waals surface area contributed by atoms with Gasteiger partial charge in [-0.2, -0.15) is 4.98 Å². The molecule has 3 rings (SSSR count). The molecule has 3 aromatic rings. The Morgan fingerprint density at radius 2 is 2.00 bits per heavy atom. The molecule has 23 heavy (non-hydrogen) atoms. The topological polar surface area (TPSA) is 96.3 Å². The zero-order valence-corrected chi connectivity index (χ0v) is 13.6. The van der Waals surface area contributed by atoms with Crippen LogP contribution in [-0.2, 0) is 13.0 Å². The van der Waals surface area contributed by atoms with Gasteiger partial charge in [0.25, 0.3) is 5.89 Å². The largest absolute Gasteiger partial charge is 0.493 e. The second-order valence-corrected chi connectivity index (χ2v) is 5.66. The van der Waals surface area contributed by atoms with Crippen LogP contribution < -0.4 is 15.2 Å². The average molecular weight is 332 g/mol. The Balaban J connectivity index is 1.79. The molecule has 0 aliphatic carbocycles. The van der Waals surface area contributed by atoms with Gasteiger partial charge in [-0.25, -0.2) is 4.98 Å². The molecule has 0 spiro atoms. The van der Waals surface area contributed by atoms with E-state index in [1.807, 2.05) is 23.6 Å². The lowest BCUT2D eigenvalue weighted by atomic mass is 10.1. The molecule has 0 unspecified atom stereocenters. The predicted molar refractivity (Wildman–Crippen MR) is 85.6 cm³/mol. The first-order chi connectivity index (χ1) is 11.2. The van der Waals surface area contributed by atoms with Crippen LogP contribution in [-0.4, -0.2) is 29.3 Å². The number of thiazole rings is 1. The molecule has 0 aliphatic rings. The first-order valence-electron chi connectivity index (χ1n) is 6.91. The first-order valence-corrected chi connectivity index (χ1v) is 7.79. The number of rotatable bonds is 6. The van der Waals surface area contributed by atoms with Gasteiger partial charge in [-0.15, -0.1) is 11.3 Å². The minimum atomic E-state index is 0.399. The highest BCUT2D eigenvalue weighted by Crippen LogP contribution is 2.28. The van der Waals surface area contributed by atoms with E-state index in [1.165, 1.54) is 11.3 Å². The number of methoxy groups -OCH3 is 2. The standard InChI is InChI=1S/C15H16N4O3S/c1-20-11-4-3-9(5-12(11)21-2)6-13-18-15(22-19-13)10-8-23-14(7-16)17-10/h3-5,8H,6-7,16H2,1-2H3. The number of hydrogen-bond acceptors (Lipinski definition) is 8. The van der Waals surface area contributed by atoms with Crippen molar-refractivity contribution in [1.82, 2.24) is 15.1 Å². The maximum absolute atomic E-state index is 5.56. The molecule has 7 nitrogen and oxygen atoms in total. The molecular weight excluding hydrogens is 316 g/mol. The van der Waals surface area contributed by atoms with E-state index in [4.69, 9.17) is 19.7 Å². The molecule has 2 heterocycles. The van der Waals surface area contributed by atoms with Crippen molar-refractivity contribution >= 4 is 11.3 Å². The average Bonchev–Trinajstić information content (AvgIpc) is 3.23. The number of aromatic nitrogens is 3. The predicted octanol–water partition coefficient (Wildman–Crippen LogP) is 2.26. The number of nitrogens with zero attached hydrogens (tertiary/aromatic N) is 3. The van der Waals surface area contributed by atoms with Crippen LogP contribution in [0.1, 0.15) is 16.4 Å². The second-order valence-electron chi connectivity index (χ2n) is 4.71. The molecule has 0 fully saturated rings. The monoisotopic (exact) mass is 332 g/mol. The Kier molecular flexibility index (Phi) is 4.54. The summed E-state index contributed by atoms with van der Waals surface area (Å²) < 4.78 is 15.8. The minimum absolute atomic E-state index is 0.399. The zero-order chi connectivity index (χ0) is 16.2. The maximum Gasteiger partial charge on any atom is 0.277 e. The summed E-state index contributed by atoms with van der Waals surface area (Å²) >= 11 is 1.47. The van der Waals surface area contributed by atoms with E-state index in [1.54, 1.807) is 14.2 Å². The summed E-state index contributed by atoms with van der Waals surface area (Å²) in [6.45, 7) is 0.400. The van der Waals surface area contributed by atoms with Crippen molar-refractivity contribution in [2.75, 3.05) is 14.2 Å². The fraction of sp³-hybridized carbons (Fsp3) is 0.267. The molecule has 8 heteroatoms. The Morgan fingerprint density at radius 1 is 1.17 bits per heavy atom. The van der Waals surface area contributed by atoms with Crippen LogP contribution in [0.2, 0.25) is 0 Å². The van der Waals surface area contributed by atoms with Crippen LogP contribution in [0, 0.1) is 0 Å². The normalized spacial score (nSPS) is 10.7. The van der Waals surface area contributed by atoms with E-state index in [-0.39, 0.29) is 0 Å². The summed E-state index contributed by atoms with van der Waals surface area (Å²) in [5.74, 6) is 2.33. The lowest BCUT2D eigenvalue weighted by Gasteiger charge is -2.08. The van der Waals surface area contributed by atoms with Crippen molar-refractivity contribution in [2.24, 2.45) is 5.73 Å². The van der Waals surface area contributed by atoms with E-state index in [9.17, 15) is 0 Å². The Morgan fingerprint density at radius 3 is 2.70 bits per heavy atom. The first kappa shape index (κ1) is 15.4. The second kappa shape index (κ2) is 6.76. The zero-order valence-electron chi connectivity index (χ0n) is 12.8. The van der Waals surface area contributed by atoms with Gasteiger partial charge in [0.05, 0.1) is 14.2 Å². The number of hydrogen-bond donors (Lipinski definition) is 1. The summed E-state index contributed by atoms with van der Waals surface area (Å²) in [6, 6.07) is 5.68. The van der Waals surface area contributed by atoms with Crippen molar-refractivity contribution < 1.29 is 14.0 Å². The third kappa shape index (κ3) is 3.33. The smallest absolute Gasteiger partial charge is 0.277 e. The van der Waals surface area contributed by atoms with Gasteiger partial charge in [-0.05, 0) is 17.7 Å². The van der Waals surface area contributed by atoms with Crippen LogP contribution in [0.25, 0.3) is 11.6 Å². The van der Waals surface area contributed by atoms with Gasteiger partial charge < -0.3 is 19.7 Å². The molecule has 0 atom stereocenters. The van der Waals surface area contributed by atoms with Crippen LogP contribution in [0.4, 0.5) is 0 Å². The van der Waals surface area contributed by atoms with Crippen molar-refractivity contribution in [3.05, 3.63) is 40.0 Å². The van der Waals surface area contributed by atoms with Crippen LogP contribution >= 0.6 is 11.3 Å². The summed E-state index contributed by atoms with van der Waals surface area (Å²) in [4.78, 5) is 8.71. The molecule has 0 radical (unpaired) electrons. The highest BCUT2D eigenvalue weighted by Gasteiger charge is 2.13.